The Morgan fingerprint density at radius 2 is 2.40 bits per heavy atom. The fourth-order valence-corrected chi connectivity index (χ4v) is 2.38. The topological polar surface area (TPSA) is 37.8 Å². The molecule has 1 fully saturated rings. The number of nitrogens with zero attached hydrogens (tertiary/aromatic N) is 2. The van der Waals surface area contributed by atoms with Crippen molar-refractivity contribution in [1.29, 1.82) is 0 Å². The molecule has 1 aliphatic rings. The smallest absolute Gasteiger partial charge is 0.129 e. The van der Waals surface area contributed by atoms with Crippen molar-refractivity contribution in [2.45, 2.75) is 31.6 Å². The summed E-state index contributed by atoms with van der Waals surface area (Å²) < 4.78 is 0. The van der Waals surface area contributed by atoms with Crippen LogP contribution in [0.1, 0.15) is 25.1 Å². The summed E-state index contributed by atoms with van der Waals surface area (Å²) in [6.07, 6.45) is 5.41. The van der Waals surface area contributed by atoms with Crippen LogP contribution in [0.2, 0.25) is 0 Å². The molecule has 0 saturated heterocycles. The number of alkyl halides is 1. The van der Waals surface area contributed by atoms with Gasteiger partial charge in [-0.1, -0.05) is 6.42 Å². The third kappa shape index (κ3) is 2.81. The standard InChI is InChI=1S/C11H16ClN3/c1-8-13-6-5-11(15-8)14-7-9-3-2-4-10(9)12/h5-6,9-10H,2-4,7H2,1H3,(H,13,14,15). The largest absolute Gasteiger partial charge is 0.370 e. The van der Waals surface area contributed by atoms with E-state index in [1.807, 2.05) is 13.0 Å². The Balaban J connectivity index is 1.87. The van der Waals surface area contributed by atoms with Crippen molar-refractivity contribution in [2.75, 3.05) is 11.9 Å². The zero-order valence-electron chi connectivity index (χ0n) is 8.91. The first kappa shape index (κ1) is 10.7. The van der Waals surface area contributed by atoms with Gasteiger partial charge in [-0.2, -0.15) is 0 Å². The maximum atomic E-state index is 6.20. The zero-order chi connectivity index (χ0) is 10.7. The van der Waals surface area contributed by atoms with E-state index in [4.69, 9.17) is 11.6 Å². The molecule has 1 aliphatic carbocycles. The Labute approximate surface area is 95.3 Å². The van der Waals surface area contributed by atoms with E-state index in [0.717, 1.165) is 24.6 Å². The van der Waals surface area contributed by atoms with Gasteiger partial charge in [0.25, 0.3) is 0 Å². The maximum absolute atomic E-state index is 6.20. The van der Waals surface area contributed by atoms with Crippen LogP contribution in [0.4, 0.5) is 5.82 Å². The molecule has 0 spiro atoms. The first-order valence-electron chi connectivity index (χ1n) is 5.43. The van der Waals surface area contributed by atoms with Gasteiger partial charge in [0.15, 0.2) is 0 Å². The molecule has 1 aromatic heterocycles. The Bertz CT molecular complexity index is 329. The summed E-state index contributed by atoms with van der Waals surface area (Å²) in [5.74, 6) is 2.29. The predicted octanol–water partition coefficient (Wildman–Crippen LogP) is 2.60. The van der Waals surface area contributed by atoms with Crippen molar-refractivity contribution >= 4 is 17.4 Å². The highest BCUT2D eigenvalue weighted by Gasteiger charge is 2.24. The molecule has 2 atom stereocenters. The van der Waals surface area contributed by atoms with E-state index in [9.17, 15) is 0 Å². The van der Waals surface area contributed by atoms with E-state index in [-0.39, 0.29) is 0 Å². The summed E-state index contributed by atoms with van der Waals surface area (Å²) in [6, 6.07) is 1.89. The van der Waals surface area contributed by atoms with Crippen LogP contribution in [0.3, 0.4) is 0 Å². The van der Waals surface area contributed by atoms with Crippen LogP contribution in [-0.2, 0) is 0 Å². The lowest BCUT2D eigenvalue weighted by molar-refractivity contribution is 0.585. The van der Waals surface area contributed by atoms with Crippen LogP contribution in [0, 0.1) is 12.8 Å². The molecule has 2 rings (SSSR count). The number of aromatic nitrogens is 2. The van der Waals surface area contributed by atoms with Crippen LogP contribution in [0.5, 0.6) is 0 Å². The van der Waals surface area contributed by atoms with Gasteiger partial charge in [0, 0.05) is 18.1 Å². The summed E-state index contributed by atoms with van der Waals surface area (Å²) in [6.45, 7) is 2.82. The first-order chi connectivity index (χ1) is 7.25. The SMILES string of the molecule is Cc1nccc(NCC2CCCC2Cl)n1. The third-order valence-electron chi connectivity index (χ3n) is 2.89. The fraction of sp³-hybridized carbons (Fsp3) is 0.636. The normalized spacial score (nSPS) is 25.5. The van der Waals surface area contributed by atoms with Gasteiger partial charge in [-0.25, -0.2) is 9.97 Å². The molecular weight excluding hydrogens is 210 g/mol. The van der Waals surface area contributed by atoms with Gasteiger partial charge < -0.3 is 5.32 Å². The van der Waals surface area contributed by atoms with Gasteiger partial charge in [-0.3, -0.25) is 0 Å². The Morgan fingerprint density at radius 1 is 1.53 bits per heavy atom. The Hall–Kier alpha value is -0.830. The molecule has 3 nitrogen and oxygen atoms in total. The molecule has 15 heavy (non-hydrogen) atoms. The number of aryl methyl sites for hydroxylation is 1. The van der Waals surface area contributed by atoms with Gasteiger partial charge in [0.1, 0.15) is 11.6 Å². The highest BCUT2D eigenvalue weighted by atomic mass is 35.5. The molecule has 0 bridgehead atoms. The summed E-state index contributed by atoms with van der Waals surface area (Å²) in [4.78, 5) is 8.35. The van der Waals surface area contributed by atoms with Crippen molar-refractivity contribution in [1.82, 2.24) is 9.97 Å². The summed E-state index contributed by atoms with van der Waals surface area (Å²) in [5, 5.41) is 3.66. The lowest BCUT2D eigenvalue weighted by Crippen LogP contribution is -2.19. The molecule has 1 N–H and O–H groups in total. The molecule has 1 aromatic rings. The maximum Gasteiger partial charge on any atom is 0.129 e. The van der Waals surface area contributed by atoms with Crippen LogP contribution in [-0.4, -0.2) is 21.9 Å². The number of hydrogen-bond acceptors (Lipinski definition) is 3. The van der Waals surface area contributed by atoms with Crippen molar-refractivity contribution in [3.63, 3.8) is 0 Å². The average Bonchev–Trinajstić information content (AvgIpc) is 2.61. The first-order valence-corrected chi connectivity index (χ1v) is 5.87. The van der Waals surface area contributed by atoms with Gasteiger partial charge in [-0.05, 0) is 31.7 Å². The van der Waals surface area contributed by atoms with Gasteiger partial charge in [-0.15, -0.1) is 11.6 Å². The second-order valence-electron chi connectivity index (χ2n) is 4.08. The zero-order valence-corrected chi connectivity index (χ0v) is 9.67. The highest BCUT2D eigenvalue weighted by molar-refractivity contribution is 6.20. The summed E-state index contributed by atoms with van der Waals surface area (Å²) >= 11 is 6.20. The molecular formula is C11H16ClN3. The Morgan fingerprint density at radius 3 is 3.07 bits per heavy atom. The van der Waals surface area contributed by atoms with Crippen LogP contribution >= 0.6 is 11.6 Å². The molecule has 2 unspecified atom stereocenters. The van der Waals surface area contributed by atoms with Crippen molar-refractivity contribution in [3.05, 3.63) is 18.1 Å². The van der Waals surface area contributed by atoms with Crippen LogP contribution < -0.4 is 5.32 Å². The number of nitrogens with one attached hydrogen (secondary N) is 1. The molecule has 0 aliphatic heterocycles. The summed E-state index contributed by atoms with van der Waals surface area (Å²) in [7, 11) is 0. The molecule has 0 aromatic carbocycles. The second-order valence-corrected chi connectivity index (χ2v) is 4.64. The van der Waals surface area contributed by atoms with Crippen LogP contribution in [0.25, 0.3) is 0 Å². The number of halogens is 1. The van der Waals surface area contributed by atoms with E-state index in [1.54, 1.807) is 6.20 Å². The second kappa shape index (κ2) is 4.79. The van der Waals surface area contributed by atoms with Crippen molar-refractivity contribution in [2.24, 2.45) is 5.92 Å². The van der Waals surface area contributed by atoms with E-state index < -0.39 is 0 Å². The van der Waals surface area contributed by atoms with Gasteiger partial charge in [0.05, 0.1) is 0 Å². The van der Waals surface area contributed by atoms with Crippen LogP contribution in [0.15, 0.2) is 12.3 Å². The monoisotopic (exact) mass is 225 g/mol. The quantitative estimate of drug-likeness (QED) is 0.804. The van der Waals surface area contributed by atoms with Gasteiger partial charge in [0.2, 0.25) is 0 Å². The lowest BCUT2D eigenvalue weighted by Gasteiger charge is -2.14. The predicted molar refractivity (Wildman–Crippen MR) is 62.2 cm³/mol. The molecule has 0 radical (unpaired) electrons. The van der Waals surface area contributed by atoms with E-state index in [0.29, 0.717) is 11.3 Å². The highest BCUT2D eigenvalue weighted by Crippen LogP contribution is 2.29. The molecule has 82 valence electrons. The fourth-order valence-electron chi connectivity index (χ4n) is 2.01. The number of hydrogen-bond donors (Lipinski definition) is 1. The number of anilines is 1. The average molecular weight is 226 g/mol. The Kier molecular flexibility index (Phi) is 3.41. The minimum absolute atomic E-state index is 0.334. The van der Waals surface area contributed by atoms with E-state index in [1.165, 1.54) is 12.8 Å². The minimum atomic E-state index is 0.334. The molecule has 0 amide bonds. The summed E-state index contributed by atoms with van der Waals surface area (Å²) in [5.41, 5.74) is 0. The molecule has 4 heteroatoms. The van der Waals surface area contributed by atoms with Crippen molar-refractivity contribution in [3.8, 4) is 0 Å². The molecule has 1 heterocycles. The molecule has 1 saturated carbocycles. The van der Waals surface area contributed by atoms with E-state index in [2.05, 4.69) is 15.3 Å². The van der Waals surface area contributed by atoms with Crippen molar-refractivity contribution < 1.29 is 0 Å². The minimum Gasteiger partial charge on any atom is -0.370 e. The van der Waals surface area contributed by atoms with E-state index >= 15 is 0 Å². The lowest BCUT2D eigenvalue weighted by atomic mass is 10.1. The van der Waals surface area contributed by atoms with Gasteiger partial charge >= 0.3 is 0 Å². The number of rotatable bonds is 3. The third-order valence-corrected chi connectivity index (χ3v) is 3.46.